The molecule has 0 atom stereocenters. The van der Waals surface area contributed by atoms with Gasteiger partial charge in [-0.15, -0.1) is 5.10 Å². The molecule has 0 fully saturated rings. The Morgan fingerprint density at radius 3 is 2.71 bits per heavy atom. The van der Waals surface area contributed by atoms with Crippen LogP contribution in [-0.4, -0.2) is 47.6 Å². The smallest absolute Gasteiger partial charge is 0.283 e. The van der Waals surface area contributed by atoms with Crippen molar-refractivity contribution in [2.45, 2.75) is 13.5 Å². The number of amides is 1. The molecular weight excluding hydrogens is 519 g/mol. The van der Waals surface area contributed by atoms with Gasteiger partial charge >= 0.3 is 0 Å². The first kappa shape index (κ1) is 24.9. The standard InChI is InChI=1S/C22H18ClFN4O5S2/c1-3-35(30,31)22-27-28-19(25)14(20(29)26-21(28)34-22)8-12-9-15(23)18(17(10-12)32-2)33-11-13-6-4-5-7-16(13)24/h4-10,25H,3,11H2,1-2H3/b14-8+,25-19?. The largest absolute Gasteiger partial charge is 0.493 e. The predicted molar refractivity (Wildman–Crippen MR) is 133 cm³/mol. The van der Waals surface area contributed by atoms with E-state index >= 15 is 0 Å². The van der Waals surface area contributed by atoms with Gasteiger partial charge in [-0.1, -0.05) is 36.7 Å². The molecule has 2 aliphatic heterocycles. The number of halogens is 2. The number of sulfone groups is 1. The van der Waals surface area contributed by atoms with Crippen LogP contribution >= 0.6 is 23.4 Å². The van der Waals surface area contributed by atoms with E-state index in [4.69, 9.17) is 26.5 Å². The average molecular weight is 537 g/mol. The summed E-state index contributed by atoms with van der Waals surface area (Å²) in [6.45, 7) is 1.39. The van der Waals surface area contributed by atoms with E-state index in [1.54, 1.807) is 18.2 Å². The first-order chi connectivity index (χ1) is 16.6. The average Bonchev–Trinajstić information content (AvgIpc) is 3.27. The van der Waals surface area contributed by atoms with Crippen molar-refractivity contribution < 1.29 is 27.1 Å². The number of nitrogens with zero attached hydrogens (tertiary/aromatic N) is 3. The number of nitrogens with one attached hydrogen (secondary N) is 1. The summed E-state index contributed by atoms with van der Waals surface area (Å²) in [4.78, 5) is 16.5. The Bertz CT molecular complexity index is 1440. The molecule has 2 heterocycles. The first-order valence-electron chi connectivity index (χ1n) is 10.1. The fourth-order valence-electron chi connectivity index (χ4n) is 3.12. The molecule has 0 bridgehead atoms. The molecule has 2 aliphatic rings. The number of thioether (sulfide) groups is 1. The Morgan fingerprint density at radius 2 is 2.03 bits per heavy atom. The maximum atomic E-state index is 13.9. The molecule has 9 nitrogen and oxygen atoms in total. The van der Waals surface area contributed by atoms with Gasteiger partial charge in [0.15, 0.2) is 17.3 Å². The normalized spacial score (nSPS) is 16.8. The van der Waals surface area contributed by atoms with Gasteiger partial charge in [0, 0.05) is 5.56 Å². The van der Waals surface area contributed by atoms with E-state index < -0.39 is 21.6 Å². The second-order valence-electron chi connectivity index (χ2n) is 7.20. The van der Waals surface area contributed by atoms with E-state index in [0.29, 0.717) is 11.1 Å². The third-order valence-corrected chi connectivity index (χ3v) is 8.34. The molecule has 2 aromatic rings. The highest BCUT2D eigenvalue weighted by Crippen LogP contribution is 2.38. The fourth-order valence-corrected chi connectivity index (χ4v) is 5.56. The van der Waals surface area contributed by atoms with Crippen molar-refractivity contribution in [3.8, 4) is 11.5 Å². The number of ether oxygens (including phenoxy) is 2. The van der Waals surface area contributed by atoms with Crippen molar-refractivity contribution in [2.24, 2.45) is 10.1 Å². The summed E-state index contributed by atoms with van der Waals surface area (Å²) in [5.41, 5.74) is 0.612. The number of hydrazone groups is 1. The lowest BCUT2D eigenvalue weighted by atomic mass is 10.1. The Labute approximate surface area is 209 Å². The van der Waals surface area contributed by atoms with E-state index in [2.05, 4.69) is 10.1 Å². The molecule has 0 aromatic heterocycles. The zero-order valence-electron chi connectivity index (χ0n) is 18.4. The zero-order chi connectivity index (χ0) is 25.3. The molecule has 13 heteroatoms. The van der Waals surface area contributed by atoms with Gasteiger partial charge in [-0.3, -0.25) is 10.2 Å². The SMILES string of the molecule is CCS(=O)(=O)C1=NN2C(=N)/C(=C\c3cc(Cl)c(OCc4ccccc4F)c(OC)c3)C(=O)N=C2S1. The molecule has 1 N–H and O–H groups in total. The number of fused-ring (bicyclic) bond motifs is 1. The van der Waals surface area contributed by atoms with Crippen molar-refractivity contribution in [1.82, 2.24) is 5.01 Å². The molecule has 0 aliphatic carbocycles. The van der Waals surface area contributed by atoms with Crippen molar-refractivity contribution in [3.05, 3.63) is 63.9 Å². The van der Waals surface area contributed by atoms with E-state index in [1.807, 2.05) is 0 Å². The van der Waals surface area contributed by atoms with Crippen LogP contribution in [0.2, 0.25) is 5.02 Å². The van der Waals surface area contributed by atoms with Crippen LogP contribution in [0.4, 0.5) is 4.39 Å². The number of carbonyl (C=O) groups excluding carboxylic acids is 1. The van der Waals surface area contributed by atoms with E-state index in [0.717, 1.165) is 16.8 Å². The van der Waals surface area contributed by atoms with Crippen LogP contribution in [0.1, 0.15) is 18.1 Å². The fraction of sp³-hybridized carbons (Fsp3) is 0.182. The number of hydrogen-bond acceptors (Lipinski definition) is 8. The van der Waals surface area contributed by atoms with E-state index in [1.165, 1.54) is 38.3 Å². The first-order valence-corrected chi connectivity index (χ1v) is 13.0. The predicted octanol–water partition coefficient (Wildman–Crippen LogP) is 4.08. The number of rotatable bonds is 6. The van der Waals surface area contributed by atoms with Gasteiger partial charge < -0.3 is 9.47 Å². The molecule has 182 valence electrons. The van der Waals surface area contributed by atoms with Crippen molar-refractivity contribution in [1.29, 1.82) is 5.41 Å². The summed E-state index contributed by atoms with van der Waals surface area (Å²) in [5.74, 6) is -1.24. The van der Waals surface area contributed by atoms with E-state index in [-0.39, 0.29) is 49.8 Å². The van der Waals surface area contributed by atoms with Gasteiger partial charge in [0.2, 0.25) is 19.4 Å². The lowest BCUT2D eigenvalue weighted by molar-refractivity contribution is -0.114. The maximum Gasteiger partial charge on any atom is 0.283 e. The van der Waals surface area contributed by atoms with Gasteiger partial charge in [-0.25, -0.2) is 12.8 Å². The number of carbonyl (C=O) groups is 1. The monoisotopic (exact) mass is 536 g/mol. The Morgan fingerprint density at radius 1 is 1.29 bits per heavy atom. The third-order valence-electron chi connectivity index (χ3n) is 4.97. The summed E-state index contributed by atoms with van der Waals surface area (Å²) in [7, 11) is -2.23. The summed E-state index contributed by atoms with van der Waals surface area (Å²) in [6.07, 6.45) is 1.37. The van der Waals surface area contributed by atoms with Crippen LogP contribution in [0.3, 0.4) is 0 Å². The molecule has 0 spiro atoms. The molecule has 0 radical (unpaired) electrons. The topological polar surface area (TPSA) is 121 Å². The zero-order valence-corrected chi connectivity index (χ0v) is 20.8. The Hall–Kier alpha value is -3.22. The van der Waals surface area contributed by atoms with Crippen LogP contribution in [0.15, 0.2) is 52.1 Å². The Balaban J connectivity index is 1.63. The second-order valence-corrected chi connectivity index (χ2v) is 11.0. The molecule has 0 saturated carbocycles. The number of methoxy groups -OCH3 is 1. The minimum atomic E-state index is -3.63. The van der Waals surface area contributed by atoms with Gasteiger partial charge in [0.25, 0.3) is 5.91 Å². The third kappa shape index (κ3) is 4.95. The van der Waals surface area contributed by atoms with Crippen LogP contribution < -0.4 is 9.47 Å². The van der Waals surface area contributed by atoms with E-state index in [9.17, 15) is 17.6 Å². The van der Waals surface area contributed by atoms with Gasteiger partial charge in [0.05, 0.1) is 23.5 Å². The molecule has 2 aromatic carbocycles. The summed E-state index contributed by atoms with van der Waals surface area (Å²) >= 11 is 7.11. The molecular formula is C22H18ClFN4O5S2. The molecule has 35 heavy (non-hydrogen) atoms. The summed E-state index contributed by atoms with van der Waals surface area (Å²) < 4.78 is 49.0. The highest BCUT2D eigenvalue weighted by molar-refractivity contribution is 8.42. The minimum Gasteiger partial charge on any atom is -0.493 e. The number of benzene rings is 2. The second kappa shape index (κ2) is 9.80. The minimum absolute atomic E-state index is 0.00307. The van der Waals surface area contributed by atoms with Crippen LogP contribution in [0.25, 0.3) is 6.08 Å². The molecule has 0 unspecified atom stereocenters. The molecule has 0 saturated heterocycles. The Kier molecular flexibility index (Phi) is 6.97. The van der Waals surface area contributed by atoms with Crippen LogP contribution in [-0.2, 0) is 21.2 Å². The number of aliphatic imine (C=N–C) groups is 1. The maximum absolute atomic E-state index is 13.9. The molecule has 4 rings (SSSR count). The highest BCUT2D eigenvalue weighted by atomic mass is 35.5. The van der Waals surface area contributed by atoms with Gasteiger partial charge in [0.1, 0.15) is 12.4 Å². The van der Waals surface area contributed by atoms with Crippen molar-refractivity contribution >= 4 is 60.6 Å². The quantitative estimate of drug-likeness (QED) is 0.552. The lowest BCUT2D eigenvalue weighted by Crippen LogP contribution is -2.35. The molecule has 1 amide bonds. The van der Waals surface area contributed by atoms with Gasteiger partial charge in [-0.2, -0.15) is 10.0 Å². The number of amidine groups is 2. The number of hydrogen-bond donors (Lipinski definition) is 1. The van der Waals surface area contributed by atoms with Crippen LogP contribution in [0, 0.1) is 11.2 Å². The van der Waals surface area contributed by atoms with Gasteiger partial charge in [-0.05, 0) is 41.6 Å². The summed E-state index contributed by atoms with van der Waals surface area (Å²) in [6, 6.07) is 9.18. The highest BCUT2D eigenvalue weighted by Gasteiger charge is 2.39. The lowest BCUT2D eigenvalue weighted by Gasteiger charge is -2.20. The van der Waals surface area contributed by atoms with Crippen molar-refractivity contribution in [2.75, 3.05) is 12.9 Å². The van der Waals surface area contributed by atoms with Crippen molar-refractivity contribution in [3.63, 3.8) is 0 Å². The summed E-state index contributed by atoms with van der Waals surface area (Å²) in [5, 5.41) is 13.5. The van der Waals surface area contributed by atoms with Crippen LogP contribution in [0.5, 0.6) is 11.5 Å².